The second-order valence-corrected chi connectivity index (χ2v) is 4.72. The molecule has 0 bridgehead atoms. The minimum atomic E-state index is 0.671. The molecule has 1 aromatic carbocycles. The summed E-state index contributed by atoms with van der Waals surface area (Å²) in [6.07, 6.45) is 4.02. The van der Waals surface area contributed by atoms with Gasteiger partial charge in [0.25, 0.3) is 0 Å². The van der Waals surface area contributed by atoms with E-state index in [0.717, 1.165) is 17.0 Å². The second-order valence-electron chi connectivity index (χ2n) is 4.72. The Bertz CT molecular complexity index is 749. The van der Waals surface area contributed by atoms with Gasteiger partial charge in [-0.1, -0.05) is 12.1 Å². The van der Waals surface area contributed by atoms with Gasteiger partial charge in [0, 0.05) is 25.1 Å². The van der Waals surface area contributed by atoms with Crippen molar-refractivity contribution in [3.63, 3.8) is 0 Å². The molecule has 0 fully saturated rings. The first-order chi connectivity index (χ1) is 9.76. The first kappa shape index (κ1) is 12.2. The summed E-state index contributed by atoms with van der Waals surface area (Å²) in [5.74, 6) is 0. The van der Waals surface area contributed by atoms with Crippen LogP contribution in [0.1, 0.15) is 11.3 Å². The zero-order valence-electron chi connectivity index (χ0n) is 11.2. The zero-order chi connectivity index (χ0) is 13.9. The summed E-state index contributed by atoms with van der Waals surface area (Å²) in [6, 6.07) is 15.7. The summed E-state index contributed by atoms with van der Waals surface area (Å²) >= 11 is 0. The molecule has 0 aliphatic rings. The van der Waals surface area contributed by atoms with Crippen LogP contribution >= 0.6 is 0 Å². The van der Waals surface area contributed by atoms with Gasteiger partial charge in [-0.05, 0) is 30.3 Å². The largest absolute Gasteiger partial charge is 0.369 e. The number of fused-ring (bicyclic) bond motifs is 1. The fourth-order valence-corrected chi connectivity index (χ4v) is 2.21. The van der Waals surface area contributed by atoms with E-state index in [2.05, 4.69) is 16.0 Å². The molecule has 98 valence electrons. The molecule has 3 aromatic rings. The first-order valence-electron chi connectivity index (χ1n) is 6.40. The number of hydrogen-bond donors (Lipinski definition) is 0. The van der Waals surface area contributed by atoms with Gasteiger partial charge >= 0.3 is 0 Å². The van der Waals surface area contributed by atoms with Crippen molar-refractivity contribution in [2.45, 2.75) is 6.54 Å². The van der Waals surface area contributed by atoms with E-state index in [1.54, 1.807) is 0 Å². The van der Waals surface area contributed by atoms with Crippen LogP contribution in [0, 0.1) is 11.3 Å². The fourth-order valence-electron chi connectivity index (χ4n) is 2.21. The molecule has 0 amide bonds. The average Bonchev–Trinajstić information content (AvgIpc) is 2.89. The van der Waals surface area contributed by atoms with Gasteiger partial charge in [0.15, 0.2) is 0 Å². The van der Waals surface area contributed by atoms with Crippen molar-refractivity contribution < 1.29 is 0 Å². The fraction of sp³-hybridized carbons (Fsp3) is 0.125. The number of aromatic nitrogens is 2. The van der Waals surface area contributed by atoms with Gasteiger partial charge in [0.1, 0.15) is 5.65 Å². The maximum Gasteiger partial charge on any atom is 0.137 e. The highest BCUT2D eigenvalue weighted by Gasteiger charge is 2.06. The number of pyridine rings is 1. The van der Waals surface area contributed by atoms with Crippen LogP contribution in [0.4, 0.5) is 5.69 Å². The molecule has 0 atom stereocenters. The van der Waals surface area contributed by atoms with Gasteiger partial charge in [-0.2, -0.15) is 5.26 Å². The van der Waals surface area contributed by atoms with E-state index in [4.69, 9.17) is 5.26 Å². The monoisotopic (exact) mass is 262 g/mol. The Balaban J connectivity index is 1.84. The third-order valence-electron chi connectivity index (χ3n) is 3.23. The Kier molecular flexibility index (Phi) is 3.10. The second kappa shape index (κ2) is 5.06. The number of anilines is 1. The lowest BCUT2D eigenvalue weighted by Crippen LogP contribution is -2.16. The van der Waals surface area contributed by atoms with Crippen molar-refractivity contribution in [1.29, 1.82) is 5.26 Å². The van der Waals surface area contributed by atoms with Crippen LogP contribution in [0.3, 0.4) is 0 Å². The van der Waals surface area contributed by atoms with E-state index in [1.165, 1.54) is 0 Å². The third-order valence-corrected chi connectivity index (χ3v) is 3.23. The summed E-state index contributed by atoms with van der Waals surface area (Å²) in [5.41, 5.74) is 3.63. The maximum atomic E-state index is 8.94. The van der Waals surface area contributed by atoms with Gasteiger partial charge in [-0.3, -0.25) is 0 Å². The van der Waals surface area contributed by atoms with E-state index in [0.29, 0.717) is 12.1 Å². The van der Waals surface area contributed by atoms with Gasteiger partial charge in [0.05, 0.1) is 23.9 Å². The molecule has 0 aliphatic carbocycles. The Hall–Kier alpha value is -2.80. The van der Waals surface area contributed by atoms with Crippen LogP contribution in [-0.4, -0.2) is 16.4 Å². The lowest BCUT2D eigenvalue weighted by Gasteiger charge is -2.18. The SMILES string of the molecule is CN(Cc1cn2ccccc2n1)c1cccc(C#N)c1. The highest BCUT2D eigenvalue weighted by molar-refractivity contribution is 5.51. The molecule has 2 heterocycles. The smallest absolute Gasteiger partial charge is 0.137 e. The first-order valence-corrected chi connectivity index (χ1v) is 6.40. The van der Waals surface area contributed by atoms with Crippen LogP contribution in [-0.2, 0) is 6.54 Å². The van der Waals surface area contributed by atoms with E-state index in [1.807, 2.05) is 66.3 Å². The van der Waals surface area contributed by atoms with Crippen molar-refractivity contribution in [2.75, 3.05) is 11.9 Å². The molecule has 4 nitrogen and oxygen atoms in total. The number of nitrogens with zero attached hydrogens (tertiary/aromatic N) is 4. The molecule has 0 spiro atoms. The van der Waals surface area contributed by atoms with Crippen molar-refractivity contribution in [1.82, 2.24) is 9.38 Å². The van der Waals surface area contributed by atoms with Crippen LogP contribution in [0.15, 0.2) is 54.9 Å². The van der Waals surface area contributed by atoms with E-state index in [-0.39, 0.29) is 0 Å². The van der Waals surface area contributed by atoms with Crippen LogP contribution in [0.5, 0.6) is 0 Å². The zero-order valence-corrected chi connectivity index (χ0v) is 11.2. The number of rotatable bonds is 3. The highest BCUT2D eigenvalue weighted by atomic mass is 15.1. The summed E-state index contributed by atoms with van der Waals surface area (Å²) in [6.45, 7) is 0.705. The molecule has 0 radical (unpaired) electrons. The number of benzene rings is 1. The minimum Gasteiger partial charge on any atom is -0.369 e. The Morgan fingerprint density at radius 3 is 2.95 bits per heavy atom. The molecule has 20 heavy (non-hydrogen) atoms. The van der Waals surface area contributed by atoms with Crippen molar-refractivity contribution in [3.05, 3.63) is 66.1 Å². The summed E-state index contributed by atoms with van der Waals surface area (Å²) in [7, 11) is 2.00. The van der Waals surface area contributed by atoms with Gasteiger partial charge in [-0.25, -0.2) is 4.98 Å². The Morgan fingerprint density at radius 1 is 1.25 bits per heavy atom. The predicted molar refractivity (Wildman–Crippen MR) is 78.5 cm³/mol. The van der Waals surface area contributed by atoms with E-state index >= 15 is 0 Å². The molecule has 4 heteroatoms. The normalized spacial score (nSPS) is 10.4. The number of hydrogen-bond acceptors (Lipinski definition) is 3. The quantitative estimate of drug-likeness (QED) is 0.729. The average molecular weight is 262 g/mol. The Labute approximate surface area is 117 Å². The van der Waals surface area contributed by atoms with Crippen molar-refractivity contribution in [3.8, 4) is 6.07 Å². The predicted octanol–water partition coefficient (Wildman–Crippen LogP) is 2.84. The number of nitriles is 1. The molecular weight excluding hydrogens is 248 g/mol. The summed E-state index contributed by atoms with van der Waals surface area (Å²) in [5, 5.41) is 8.94. The molecule has 3 rings (SSSR count). The van der Waals surface area contributed by atoms with Crippen LogP contribution in [0.2, 0.25) is 0 Å². The highest BCUT2D eigenvalue weighted by Crippen LogP contribution is 2.17. The third kappa shape index (κ3) is 2.34. The molecule has 0 aliphatic heterocycles. The summed E-state index contributed by atoms with van der Waals surface area (Å²) in [4.78, 5) is 6.66. The molecule has 0 unspecified atom stereocenters. The maximum absolute atomic E-state index is 8.94. The minimum absolute atomic E-state index is 0.671. The van der Waals surface area contributed by atoms with E-state index < -0.39 is 0 Å². The lowest BCUT2D eigenvalue weighted by atomic mass is 10.2. The molecule has 2 aromatic heterocycles. The van der Waals surface area contributed by atoms with Gasteiger partial charge in [-0.15, -0.1) is 0 Å². The molecule has 0 saturated carbocycles. The molecular formula is C16H14N4. The number of imidazole rings is 1. The standard InChI is InChI=1S/C16H14N4/c1-19(15-6-4-5-13(9-15)10-17)11-14-12-20-8-3-2-7-16(20)18-14/h2-9,12H,11H2,1H3. The topological polar surface area (TPSA) is 44.3 Å². The Morgan fingerprint density at radius 2 is 2.15 bits per heavy atom. The van der Waals surface area contributed by atoms with Gasteiger partial charge in [0.2, 0.25) is 0 Å². The van der Waals surface area contributed by atoms with Crippen molar-refractivity contribution in [2.24, 2.45) is 0 Å². The van der Waals surface area contributed by atoms with Crippen LogP contribution < -0.4 is 4.90 Å². The van der Waals surface area contributed by atoms with Gasteiger partial charge < -0.3 is 9.30 Å². The molecule has 0 saturated heterocycles. The lowest BCUT2D eigenvalue weighted by molar-refractivity contribution is 0.895. The molecule has 0 N–H and O–H groups in total. The van der Waals surface area contributed by atoms with E-state index in [9.17, 15) is 0 Å². The summed E-state index contributed by atoms with van der Waals surface area (Å²) < 4.78 is 2.01. The van der Waals surface area contributed by atoms with Crippen molar-refractivity contribution >= 4 is 11.3 Å². The van der Waals surface area contributed by atoms with Crippen LogP contribution in [0.25, 0.3) is 5.65 Å².